The number of unbranched alkanes of at least 4 members (excludes halogenated alkanes) is 15. The van der Waals surface area contributed by atoms with Gasteiger partial charge >= 0.3 is 11.9 Å². The molecular formula is C72H115NO8. The zero-order valence-corrected chi connectivity index (χ0v) is 51.8. The Bertz CT molecular complexity index is 1880. The number of aliphatic carboxylic acids is 1. The van der Waals surface area contributed by atoms with Crippen molar-refractivity contribution in [1.82, 2.24) is 0 Å². The Hall–Kier alpha value is -5.09. The summed E-state index contributed by atoms with van der Waals surface area (Å²) in [6, 6.07) is 0. The third-order valence-corrected chi connectivity index (χ3v) is 12.8. The van der Waals surface area contributed by atoms with Gasteiger partial charge in [0, 0.05) is 12.8 Å². The number of rotatable bonds is 56. The monoisotopic (exact) mass is 1120 g/mol. The van der Waals surface area contributed by atoms with Crippen molar-refractivity contribution in [1.29, 1.82) is 0 Å². The van der Waals surface area contributed by atoms with Crippen molar-refractivity contribution < 1.29 is 42.9 Å². The number of carboxylic acids is 1. The number of ether oxygens (including phenoxy) is 4. The zero-order valence-electron chi connectivity index (χ0n) is 51.8. The van der Waals surface area contributed by atoms with E-state index in [2.05, 4.69) is 172 Å². The van der Waals surface area contributed by atoms with Gasteiger partial charge in [0.25, 0.3) is 0 Å². The van der Waals surface area contributed by atoms with E-state index in [0.717, 1.165) is 148 Å². The van der Waals surface area contributed by atoms with Gasteiger partial charge in [-0.05, 0) is 122 Å². The molecule has 0 aliphatic carbocycles. The lowest BCUT2D eigenvalue weighted by atomic mass is 10.1. The average Bonchev–Trinajstić information content (AvgIpc) is 3.44. The molecule has 0 aliphatic heterocycles. The summed E-state index contributed by atoms with van der Waals surface area (Å²) in [5.74, 6) is -2.33. The molecule has 0 fully saturated rings. The molecule has 81 heavy (non-hydrogen) atoms. The van der Waals surface area contributed by atoms with Crippen molar-refractivity contribution in [3.05, 3.63) is 158 Å². The van der Waals surface area contributed by atoms with Crippen molar-refractivity contribution in [3.63, 3.8) is 0 Å². The van der Waals surface area contributed by atoms with E-state index in [9.17, 15) is 19.5 Å². The first-order valence-electron chi connectivity index (χ1n) is 31.6. The van der Waals surface area contributed by atoms with Crippen LogP contribution in [0.15, 0.2) is 158 Å². The van der Waals surface area contributed by atoms with E-state index in [1.54, 1.807) is 0 Å². The van der Waals surface area contributed by atoms with Crippen LogP contribution in [0.5, 0.6) is 0 Å². The number of allylic oxidation sites excluding steroid dienone is 26. The molecule has 2 atom stereocenters. The summed E-state index contributed by atoms with van der Waals surface area (Å²) in [5, 5.41) is 11.8. The Morgan fingerprint density at radius 1 is 0.370 bits per heavy atom. The first-order valence-corrected chi connectivity index (χ1v) is 31.6. The molecule has 0 N–H and O–H groups in total. The summed E-state index contributed by atoms with van der Waals surface area (Å²) in [7, 11) is 5.90. The quantitative estimate of drug-likeness (QED) is 0.0195. The molecule has 9 heteroatoms. The van der Waals surface area contributed by atoms with E-state index >= 15 is 0 Å². The summed E-state index contributed by atoms with van der Waals surface area (Å²) in [6.45, 7) is 4.47. The number of hydrogen-bond donors (Lipinski definition) is 0. The van der Waals surface area contributed by atoms with Crippen molar-refractivity contribution >= 4 is 17.9 Å². The van der Waals surface area contributed by atoms with Gasteiger partial charge < -0.3 is 33.3 Å². The first kappa shape index (κ1) is 75.9. The Balaban J connectivity index is 4.23. The summed E-state index contributed by atoms with van der Waals surface area (Å²) in [6.07, 6.45) is 87.3. The second-order valence-corrected chi connectivity index (χ2v) is 21.6. The van der Waals surface area contributed by atoms with Gasteiger partial charge in [0.2, 0.25) is 0 Å². The number of nitrogens with zero attached hydrogens (tertiary/aromatic N) is 1. The van der Waals surface area contributed by atoms with E-state index in [-0.39, 0.29) is 38.6 Å². The molecule has 2 unspecified atom stereocenters. The minimum absolute atomic E-state index is 0.135. The lowest BCUT2D eigenvalue weighted by Crippen LogP contribution is -2.44. The molecule has 0 radical (unpaired) electrons. The highest BCUT2D eigenvalue weighted by atomic mass is 16.7. The Kier molecular flexibility index (Phi) is 57.2. The number of esters is 2. The Morgan fingerprint density at radius 3 is 0.988 bits per heavy atom. The molecule has 0 amide bonds. The summed E-state index contributed by atoms with van der Waals surface area (Å²) in [5.41, 5.74) is 0. The van der Waals surface area contributed by atoms with Gasteiger partial charge in [-0.2, -0.15) is 0 Å². The molecule has 9 nitrogen and oxygen atoms in total. The molecule has 0 saturated carbocycles. The van der Waals surface area contributed by atoms with Crippen LogP contribution in [0.2, 0.25) is 0 Å². The normalized spacial score (nSPS) is 13.8. The number of likely N-dealkylation sites (N-methyl/N-ethyl adjacent to an activating group) is 1. The average molecular weight is 1120 g/mol. The van der Waals surface area contributed by atoms with Gasteiger partial charge in [0.15, 0.2) is 12.4 Å². The fraction of sp³-hybridized carbons (Fsp3) is 0.597. The van der Waals surface area contributed by atoms with Crippen LogP contribution in [0, 0.1) is 0 Å². The van der Waals surface area contributed by atoms with Crippen LogP contribution >= 0.6 is 0 Å². The molecule has 0 heterocycles. The topological polar surface area (TPSA) is 111 Å². The van der Waals surface area contributed by atoms with Gasteiger partial charge in [-0.1, -0.05) is 242 Å². The fourth-order valence-electron chi connectivity index (χ4n) is 7.99. The number of carbonyl (C=O) groups is 3. The lowest BCUT2D eigenvalue weighted by molar-refractivity contribution is -0.870. The van der Waals surface area contributed by atoms with Crippen LogP contribution in [-0.2, 0) is 33.3 Å². The molecule has 0 aromatic rings. The van der Waals surface area contributed by atoms with Crippen LogP contribution in [0.1, 0.15) is 219 Å². The highest BCUT2D eigenvalue weighted by molar-refractivity contribution is 5.70. The summed E-state index contributed by atoms with van der Waals surface area (Å²) >= 11 is 0. The number of carbonyl (C=O) groups excluding carboxylic acids is 3. The van der Waals surface area contributed by atoms with Gasteiger partial charge in [0.05, 0.1) is 40.3 Å². The van der Waals surface area contributed by atoms with Crippen molar-refractivity contribution in [2.24, 2.45) is 0 Å². The highest BCUT2D eigenvalue weighted by Gasteiger charge is 2.22. The third kappa shape index (κ3) is 62.4. The molecule has 0 bridgehead atoms. The lowest BCUT2D eigenvalue weighted by Gasteiger charge is -2.26. The predicted molar refractivity (Wildman–Crippen MR) is 342 cm³/mol. The number of carboxylic acid groups (broad SMARTS) is 1. The number of quaternary nitrogens is 1. The van der Waals surface area contributed by atoms with Gasteiger partial charge in [0.1, 0.15) is 13.2 Å². The SMILES string of the molecule is CC/C=C\C/C=C\C/C=C\C/C=C\C/C=C\C/C=C\C/C=C\C/C=C\C/C=C\CCCCCCCCCCCC(=O)OC(COC(=O)CCCCCCCC/C=C\C/C=C\C/C=C\C/C=C\CC)COC(OCC[N+](C)(C)C)C(=O)[O-]. The molecule has 0 spiro atoms. The molecule has 456 valence electrons. The minimum atomic E-state index is -1.64. The molecular weight excluding hydrogens is 1010 g/mol. The second-order valence-electron chi connectivity index (χ2n) is 21.6. The maximum absolute atomic E-state index is 12.9. The van der Waals surface area contributed by atoms with Gasteiger partial charge in [-0.25, -0.2) is 0 Å². The van der Waals surface area contributed by atoms with Crippen LogP contribution in [0.4, 0.5) is 0 Å². The first-order chi connectivity index (χ1) is 39.6. The van der Waals surface area contributed by atoms with Crippen LogP contribution in [0.25, 0.3) is 0 Å². The van der Waals surface area contributed by atoms with E-state index in [0.29, 0.717) is 23.9 Å². The Labute approximate surface area is 495 Å². The van der Waals surface area contributed by atoms with E-state index in [1.165, 1.54) is 32.1 Å². The predicted octanol–water partition coefficient (Wildman–Crippen LogP) is 18.0. The standard InChI is InChI=1S/C72H115NO8/c1-6-8-10-12-14-16-18-20-22-24-26-27-28-29-30-31-32-33-34-35-36-37-38-39-40-41-42-43-45-47-49-51-53-55-57-59-61-63-70(75)81-68(67-80-72(71(76)77)78-65-64-73(3,4)5)66-79-69(74)62-60-58-56-54-52-50-48-46-44-25-23-21-19-17-15-13-11-9-7-2/h8-11,14-17,20-23,26-27,29-30,32-33,35-36,38-39,41-42,44,46,68,72H,6-7,12-13,18-19,24-25,28,31,34,37,40,43,45,47-67H2,1-5H3/b10-8-,11-9-,16-14-,17-15-,22-20-,23-21-,27-26-,30-29-,33-32-,36-35-,39-38-,42-41-,46-44-. The Morgan fingerprint density at radius 2 is 0.667 bits per heavy atom. The van der Waals surface area contributed by atoms with E-state index in [1.807, 2.05) is 21.1 Å². The van der Waals surface area contributed by atoms with Crippen molar-refractivity contribution in [2.75, 3.05) is 47.5 Å². The van der Waals surface area contributed by atoms with Gasteiger partial charge in [-0.3, -0.25) is 9.59 Å². The smallest absolute Gasteiger partial charge is 0.306 e. The summed E-state index contributed by atoms with van der Waals surface area (Å²) in [4.78, 5) is 37.4. The molecule has 0 aromatic heterocycles. The molecule has 0 saturated heterocycles. The fourth-order valence-corrected chi connectivity index (χ4v) is 7.99. The van der Waals surface area contributed by atoms with Crippen LogP contribution in [0.3, 0.4) is 0 Å². The van der Waals surface area contributed by atoms with Crippen LogP contribution < -0.4 is 5.11 Å². The number of hydrogen-bond acceptors (Lipinski definition) is 8. The maximum atomic E-state index is 12.9. The third-order valence-electron chi connectivity index (χ3n) is 12.8. The van der Waals surface area contributed by atoms with E-state index in [4.69, 9.17) is 18.9 Å². The largest absolute Gasteiger partial charge is 0.545 e. The second kappa shape index (κ2) is 61.0. The molecule has 0 aliphatic rings. The molecule has 0 aromatic carbocycles. The minimum Gasteiger partial charge on any atom is -0.545 e. The summed E-state index contributed by atoms with van der Waals surface area (Å²) < 4.78 is 22.7. The maximum Gasteiger partial charge on any atom is 0.306 e. The van der Waals surface area contributed by atoms with Gasteiger partial charge in [-0.15, -0.1) is 0 Å². The van der Waals surface area contributed by atoms with E-state index < -0.39 is 24.3 Å². The highest BCUT2D eigenvalue weighted by Crippen LogP contribution is 2.14. The molecule has 0 rings (SSSR count). The van der Waals surface area contributed by atoms with Crippen molar-refractivity contribution in [3.8, 4) is 0 Å². The van der Waals surface area contributed by atoms with Crippen molar-refractivity contribution in [2.45, 2.75) is 232 Å². The van der Waals surface area contributed by atoms with Crippen LogP contribution in [-0.4, -0.2) is 82.3 Å². The zero-order chi connectivity index (χ0) is 59.1.